The van der Waals surface area contributed by atoms with Gasteiger partial charge in [-0.1, -0.05) is 30.3 Å². The number of halogens is 3. The Balaban J connectivity index is 1.35. The van der Waals surface area contributed by atoms with Crippen molar-refractivity contribution in [1.82, 2.24) is 19.8 Å². The van der Waals surface area contributed by atoms with Gasteiger partial charge in [0.2, 0.25) is 5.91 Å². The van der Waals surface area contributed by atoms with Gasteiger partial charge in [0.1, 0.15) is 34.3 Å². The summed E-state index contributed by atoms with van der Waals surface area (Å²) in [6.07, 6.45) is 2.26. The van der Waals surface area contributed by atoms with Crippen LogP contribution in [0, 0.1) is 17.5 Å². The summed E-state index contributed by atoms with van der Waals surface area (Å²) in [5.74, 6) is -5.02. The summed E-state index contributed by atoms with van der Waals surface area (Å²) < 4.78 is 43.1. The van der Waals surface area contributed by atoms with Crippen LogP contribution in [0.25, 0.3) is 0 Å². The molecule has 1 N–H and O–H groups in total. The summed E-state index contributed by atoms with van der Waals surface area (Å²) in [4.78, 5) is 61.3. The molecule has 3 amide bonds. The Bertz CT molecular complexity index is 1670. The normalized spacial score (nSPS) is 23.7. The van der Waals surface area contributed by atoms with Gasteiger partial charge in [0.05, 0.1) is 18.5 Å². The number of hydrogen-bond acceptors (Lipinski definition) is 5. The number of fused-ring (bicyclic) bond motifs is 5. The standard InChI is InChI=1S/C31H29F3N4O5/c1-17-8-9-31(13-28(40)38(43-31)18(2)19-6-4-3-5-7-19)27-16-36(17)30(42)25-12-26(39)22(15-37(25)27)29(41)35-14-21-23(33)10-20(32)11-24(21)34/h3-7,10-12,15,17-18,27H,8-9,13-14,16H2,1-2H3,(H,35,41)/t17?,18-,27?,31?/m1/s1. The molecule has 224 valence electrons. The zero-order valence-corrected chi connectivity index (χ0v) is 23.5. The summed E-state index contributed by atoms with van der Waals surface area (Å²) in [7, 11) is 0. The average molecular weight is 595 g/mol. The molecule has 43 heavy (non-hydrogen) atoms. The third kappa shape index (κ3) is 4.89. The molecule has 0 saturated carbocycles. The van der Waals surface area contributed by atoms with E-state index in [1.54, 1.807) is 4.90 Å². The molecule has 3 aromatic rings. The molecule has 0 radical (unpaired) electrons. The van der Waals surface area contributed by atoms with E-state index in [1.807, 2.05) is 44.2 Å². The fourth-order valence-electron chi connectivity index (χ4n) is 6.32. The fraction of sp³-hybridized carbons (Fsp3) is 0.355. The van der Waals surface area contributed by atoms with E-state index >= 15 is 0 Å². The molecule has 2 bridgehead atoms. The second-order valence-corrected chi connectivity index (χ2v) is 11.4. The lowest BCUT2D eigenvalue weighted by Crippen LogP contribution is -2.52. The number of nitrogens with one attached hydrogen (secondary N) is 1. The van der Waals surface area contributed by atoms with Gasteiger partial charge in [-0.3, -0.25) is 24.0 Å². The molecule has 9 nitrogen and oxygen atoms in total. The maximum absolute atomic E-state index is 14.1. The van der Waals surface area contributed by atoms with Gasteiger partial charge in [-0.05, 0) is 32.3 Å². The van der Waals surface area contributed by atoms with Crippen LogP contribution in [0.4, 0.5) is 13.2 Å². The van der Waals surface area contributed by atoms with E-state index in [4.69, 9.17) is 4.84 Å². The first-order valence-electron chi connectivity index (χ1n) is 14.0. The number of carbonyl (C=O) groups is 3. The molecule has 3 unspecified atom stereocenters. The van der Waals surface area contributed by atoms with Crippen LogP contribution in [0.1, 0.15) is 77.2 Å². The van der Waals surface area contributed by atoms with E-state index in [2.05, 4.69) is 5.32 Å². The molecular formula is C31H29F3N4O5. The second kappa shape index (κ2) is 10.7. The minimum atomic E-state index is -1.18. The Kier molecular flexibility index (Phi) is 7.11. The molecule has 1 aromatic heterocycles. The van der Waals surface area contributed by atoms with E-state index in [0.29, 0.717) is 25.0 Å². The molecule has 0 aliphatic carbocycles. The number of hydroxylamine groups is 2. The Labute approximate surface area is 244 Å². The number of benzene rings is 2. The number of amides is 3. The van der Waals surface area contributed by atoms with Crippen LogP contribution in [0.5, 0.6) is 0 Å². The molecule has 1 spiro atoms. The highest BCUT2D eigenvalue weighted by Crippen LogP contribution is 2.48. The first-order valence-corrected chi connectivity index (χ1v) is 14.0. The van der Waals surface area contributed by atoms with E-state index in [0.717, 1.165) is 11.6 Å². The lowest BCUT2D eigenvalue weighted by molar-refractivity contribution is -0.228. The van der Waals surface area contributed by atoms with E-state index in [9.17, 15) is 32.3 Å². The number of aromatic nitrogens is 1. The van der Waals surface area contributed by atoms with Crippen LogP contribution in [-0.2, 0) is 16.2 Å². The molecular weight excluding hydrogens is 565 g/mol. The van der Waals surface area contributed by atoms with Crippen molar-refractivity contribution in [1.29, 1.82) is 0 Å². The van der Waals surface area contributed by atoms with E-state index in [1.165, 1.54) is 15.8 Å². The van der Waals surface area contributed by atoms with Crippen molar-refractivity contribution in [3.05, 3.63) is 105 Å². The predicted octanol–water partition coefficient (Wildman–Crippen LogP) is 4.04. The maximum Gasteiger partial charge on any atom is 0.270 e. The van der Waals surface area contributed by atoms with Crippen molar-refractivity contribution in [3.8, 4) is 0 Å². The minimum Gasteiger partial charge on any atom is -0.348 e. The zero-order valence-electron chi connectivity index (χ0n) is 23.5. The molecule has 2 saturated heterocycles. The van der Waals surface area contributed by atoms with Crippen LogP contribution >= 0.6 is 0 Å². The highest BCUT2D eigenvalue weighted by molar-refractivity contribution is 5.97. The monoisotopic (exact) mass is 594 g/mol. The fourth-order valence-corrected chi connectivity index (χ4v) is 6.32. The smallest absolute Gasteiger partial charge is 0.270 e. The largest absolute Gasteiger partial charge is 0.348 e. The zero-order chi connectivity index (χ0) is 30.6. The van der Waals surface area contributed by atoms with Gasteiger partial charge in [0.25, 0.3) is 11.8 Å². The average Bonchev–Trinajstić information content (AvgIpc) is 3.26. The van der Waals surface area contributed by atoms with Crippen molar-refractivity contribution in [2.24, 2.45) is 0 Å². The molecule has 2 fully saturated rings. The third-order valence-electron chi connectivity index (χ3n) is 8.78. The van der Waals surface area contributed by atoms with Gasteiger partial charge < -0.3 is 14.8 Å². The second-order valence-electron chi connectivity index (χ2n) is 11.4. The molecule has 12 heteroatoms. The summed E-state index contributed by atoms with van der Waals surface area (Å²) in [5.41, 5.74) is -1.83. The third-order valence-corrected chi connectivity index (χ3v) is 8.78. The molecule has 4 atom stereocenters. The van der Waals surface area contributed by atoms with E-state index in [-0.39, 0.29) is 42.1 Å². The molecule has 6 rings (SSSR count). The van der Waals surface area contributed by atoms with Crippen molar-refractivity contribution in [2.45, 2.75) is 63.4 Å². The van der Waals surface area contributed by atoms with E-state index < -0.39 is 58.6 Å². The van der Waals surface area contributed by atoms with Crippen molar-refractivity contribution in [3.63, 3.8) is 0 Å². The van der Waals surface area contributed by atoms with Crippen molar-refractivity contribution < 1.29 is 32.4 Å². The lowest BCUT2D eigenvalue weighted by atomic mass is 9.85. The van der Waals surface area contributed by atoms with Gasteiger partial charge in [-0.25, -0.2) is 18.2 Å². The molecule has 3 aliphatic rings. The molecule has 2 aromatic carbocycles. The number of rotatable bonds is 5. The number of carbonyl (C=O) groups excluding carboxylic acids is 3. The Morgan fingerprint density at radius 1 is 1.09 bits per heavy atom. The Morgan fingerprint density at radius 3 is 2.49 bits per heavy atom. The maximum atomic E-state index is 14.1. The first-order chi connectivity index (χ1) is 20.5. The van der Waals surface area contributed by atoms with Gasteiger partial charge in [-0.2, -0.15) is 0 Å². The van der Waals surface area contributed by atoms with Gasteiger partial charge >= 0.3 is 0 Å². The van der Waals surface area contributed by atoms with Crippen LogP contribution in [0.2, 0.25) is 0 Å². The Morgan fingerprint density at radius 2 is 1.79 bits per heavy atom. The first kappa shape index (κ1) is 28.7. The summed E-state index contributed by atoms with van der Waals surface area (Å²) in [6, 6.07) is 10.3. The predicted molar refractivity (Wildman–Crippen MR) is 147 cm³/mol. The highest BCUT2D eigenvalue weighted by atomic mass is 19.1. The summed E-state index contributed by atoms with van der Waals surface area (Å²) in [6.45, 7) is 3.31. The Hall–Kier alpha value is -4.45. The van der Waals surface area contributed by atoms with Crippen LogP contribution < -0.4 is 10.7 Å². The van der Waals surface area contributed by atoms with Crippen molar-refractivity contribution >= 4 is 17.7 Å². The molecule has 3 aliphatic heterocycles. The SMILES string of the molecule is CC1CCC2(CC(=O)N([C@H](C)c3ccccc3)O2)C2CN1C(=O)c1cc(=O)c(C(=O)NCc3c(F)cc(F)cc3F)cn12. The van der Waals surface area contributed by atoms with Crippen LogP contribution in [0.15, 0.2) is 59.5 Å². The van der Waals surface area contributed by atoms with Gasteiger partial charge in [-0.15, -0.1) is 0 Å². The molecule has 4 heterocycles. The highest BCUT2D eigenvalue weighted by Gasteiger charge is 2.56. The van der Waals surface area contributed by atoms with Gasteiger partial charge in [0.15, 0.2) is 5.43 Å². The quantitative estimate of drug-likeness (QED) is 0.481. The number of nitrogens with zero attached hydrogens (tertiary/aromatic N) is 3. The topological polar surface area (TPSA) is 101 Å². The van der Waals surface area contributed by atoms with Crippen LogP contribution in [0.3, 0.4) is 0 Å². The summed E-state index contributed by atoms with van der Waals surface area (Å²) in [5, 5.41) is 3.68. The van der Waals surface area contributed by atoms with Gasteiger partial charge in [0, 0.05) is 49.1 Å². The number of pyridine rings is 1. The van der Waals surface area contributed by atoms with Crippen molar-refractivity contribution in [2.75, 3.05) is 6.54 Å². The van der Waals surface area contributed by atoms with Crippen LogP contribution in [-0.4, -0.2) is 50.4 Å². The lowest BCUT2D eigenvalue weighted by Gasteiger charge is -2.42. The number of hydrogen-bond donors (Lipinski definition) is 1. The summed E-state index contributed by atoms with van der Waals surface area (Å²) >= 11 is 0. The minimum absolute atomic E-state index is 0.0276.